The Morgan fingerprint density at radius 2 is 2.33 bits per heavy atom. The summed E-state index contributed by atoms with van der Waals surface area (Å²) in [6, 6.07) is 0. The van der Waals surface area contributed by atoms with Gasteiger partial charge >= 0.3 is 5.97 Å². The summed E-state index contributed by atoms with van der Waals surface area (Å²) in [6.45, 7) is 0. The number of carbonyl (C=O) groups excluding carboxylic acids is 2. The monoisotopic (exact) mass is 205 g/mol. The number of rotatable bonds is 2. The van der Waals surface area contributed by atoms with Crippen LogP contribution >= 0.6 is 22.9 Å². The van der Waals surface area contributed by atoms with E-state index in [1.807, 2.05) is 0 Å². The molecular formula is C6H4ClNO3S. The number of methoxy groups -OCH3 is 1. The molecule has 1 aromatic heterocycles. The molecule has 0 saturated heterocycles. The summed E-state index contributed by atoms with van der Waals surface area (Å²) in [5.74, 6) is -0.517. The number of carbonyl (C=O) groups is 2. The summed E-state index contributed by atoms with van der Waals surface area (Å²) >= 11 is 6.03. The van der Waals surface area contributed by atoms with Gasteiger partial charge in [-0.05, 0) is 11.6 Å². The normalized spacial score (nSPS) is 9.50. The molecule has 6 heteroatoms. The van der Waals surface area contributed by atoms with Crippen LogP contribution in [0.5, 0.6) is 0 Å². The van der Waals surface area contributed by atoms with Gasteiger partial charge in [0.25, 0.3) is 5.24 Å². The molecule has 0 aliphatic carbocycles. The second-order valence-corrected chi connectivity index (χ2v) is 3.17. The van der Waals surface area contributed by atoms with Crippen LogP contribution in [0.15, 0.2) is 6.20 Å². The van der Waals surface area contributed by atoms with E-state index in [1.54, 1.807) is 0 Å². The minimum Gasteiger partial charge on any atom is -0.465 e. The molecular weight excluding hydrogens is 202 g/mol. The van der Waals surface area contributed by atoms with E-state index in [-0.39, 0.29) is 9.88 Å². The molecule has 0 amide bonds. The van der Waals surface area contributed by atoms with E-state index in [9.17, 15) is 9.59 Å². The molecule has 0 saturated carbocycles. The number of thiazole rings is 1. The molecule has 0 bridgehead atoms. The number of hydrogen-bond donors (Lipinski definition) is 0. The first-order chi connectivity index (χ1) is 5.65. The Hall–Kier alpha value is -0.940. The first-order valence-electron chi connectivity index (χ1n) is 2.89. The van der Waals surface area contributed by atoms with Gasteiger partial charge in [-0.25, -0.2) is 9.78 Å². The second kappa shape index (κ2) is 3.64. The summed E-state index contributed by atoms with van der Waals surface area (Å²) < 4.78 is 4.41. The molecule has 4 nitrogen and oxygen atoms in total. The van der Waals surface area contributed by atoms with Gasteiger partial charge < -0.3 is 4.74 Å². The van der Waals surface area contributed by atoms with Crippen molar-refractivity contribution < 1.29 is 14.3 Å². The second-order valence-electron chi connectivity index (χ2n) is 1.79. The average molecular weight is 206 g/mol. The van der Waals surface area contributed by atoms with E-state index >= 15 is 0 Å². The molecule has 0 spiro atoms. The maximum Gasteiger partial charge on any atom is 0.349 e. The Labute approximate surface area is 77.1 Å². The van der Waals surface area contributed by atoms with Crippen molar-refractivity contribution >= 4 is 34.1 Å². The van der Waals surface area contributed by atoms with Crippen LogP contribution in [-0.2, 0) is 4.74 Å². The van der Waals surface area contributed by atoms with Gasteiger partial charge in [0.15, 0.2) is 5.01 Å². The zero-order chi connectivity index (χ0) is 9.14. The zero-order valence-corrected chi connectivity index (χ0v) is 7.61. The molecule has 0 aromatic carbocycles. The number of ether oxygens (including phenoxy) is 1. The minimum atomic E-state index is -0.671. The van der Waals surface area contributed by atoms with Gasteiger partial charge in [0.1, 0.15) is 4.88 Å². The number of hydrogen-bond acceptors (Lipinski definition) is 5. The van der Waals surface area contributed by atoms with Crippen LogP contribution in [0.25, 0.3) is 0 Å². The van der Waals surface area contributed by atoms with Crippen LogP contribution in [0.3, 0.4) is 0 Å². The summed E-state index contributed by atoms with van der Waals surface area (Å²) in [4.78, 5) is 25.3. The molecule has 1 aromatic rings. The molecule has 0 N–H and O–H groups in total. The lowest BCUT2D eigenvalue weighted by molar-refractivity contribution is 0.0606. The van der Waals surface area contributed by atoms with Gasteiger partial charge in [0.2, 0.25) is 0 Å². The maximum absolute atomic E-state index is 10.8. The fraction of sp³-hybridized carbons (Fsp3) is 0.167. The van der Waals surface area contributed by atoms with Crippen LogP contribution < -0.4 is 0 Å². The van der Waals surface area contributed by atoms with Crippen molar-refractivity contribution in [3.8, 4) is 0 Å². The summed E-state index contributed by atoms with van der Waals surface area (Å²) in [5.41, 5.74) is 0. The topological polar surface area (TPSA) is 56.3 Å². The molecule has 64 valence electrons. The zero-order valence-electron chi connectivity index (χ0n) is 6.04. The summed E-state index contributed by atoms with van der Waals surface area (Å²) in [7, 11) is 1.25. The van der Waals surface area contributed by atoms with Crippen molar-refractivity contribution in [2.45, 2.75) is 0 Å². The summed E-state index contributed by atoms with van der Waals surface area (Å²) in [6.07, 6.45) is 1.26. The quantitative estimate of drug-likeness (QED) is 0.540. The molecule has 12 heavy (non-hydrogen) atoms. The van der Waals surface area contributed by atoms with Crippen LogP contribution in [0.4, 0.5) is 0 Å². The van der Waals surface area contributed by atoms with Gasteiger partial charge in [0.05, 0.1) is 13.3 Å². The lowest BCUT2D eigenvalue weighted by Gasteiger charge is -1.89. The lowest BCUT2D eigenvalue weighted by Crippen LogP contribution is -1.96. The van der Waals surface area contributed by atoms with Crippen molar-refractivity contribution in [3.05, 3.63) is 16.1 Å². The standard InChI is InChI=1S/C6H4ClNO3S/c1-11-6(10)3-2-8-5(12-3)4(7)9/h2H,1H3. The highest BCUT2D eigenvalue weighted by molar-refractivity contribution is 7.17. The van der Waals surface area contributed by atoms with E-state index in [2.05, 4.69) is 9.72 Å². The third-order valence-electron chi connectivity index (χ3n) is 1.06. The van der Waals surface area contributed by atoms with Crippen LogP contribution in [0.2, 0.25) is 0 Å². The van der Waals surface area contributed by atoms with Crippen LogP contribution in [0.1, 0.15) is 19.5 Å². The van der Waals surface area contributed by atoms with Crippen molar-refractivity contribution in [2.24, 2.45) is 0 Å². The number of halogens is 1. The first-order valence-corrected chi connectivity index (χ1v) is 4.08. The number of aromatic nitrogens is 1. The van der Waals surface area contributed by atoms with Crippen LogP contribution in [0, 0.1) is 0 Å². The highest BCUT2D eigenvalue weighted by Gasteiger charge is 2.13. The van der Waals surface area contributed by atoms with Crippen molar-refractivity contribution in [1.29, 1.82) is 0 Å². The van der Waals surface area contributed by atoms with Crippen molar-refractivity contribution in [3.63, 3.8) is 0 Å². The Balaban J connectivity index is 2.91. The van der Waals surface area contributed by atoms with Gasteiger partial charge in [-0.3, -0.25) is 4.79 Å². The van der Waals surface area contributed by atoms with E-state index in [1.165, 1.54) is 13.3 Å². The molecule has 1 rings (SSSR count). The fourth-order valence-electron chi connectivity index (χ4n) is 0.560. The average Bonchev–Trinajstić information content (AvgIpc) is 2.51. The Bertz CT molecular complexity index is 322. The van der Waals surface area contributed by atoms with E-state index in [4.69, 9.17) is 11.6 Å². The lowest BCUT2D eigenvalue weighted by atomic mass is 10.6. The van der Waals surface area contributed by atoms with Gasteiger partial charge in [0, 0.05) is 0 Å². The first kappa shape index (κ1) is 9.15. The van der Waals surface area contributed by atoms with Gasteiger partial charge in [-0.2, -0.15) is 0 Å². The van der Waals surface area contributed by atoms with E-state index in [0.717, 1.165) is 11.3 Å². The predicted octanol–water partition coefficient (Wildman–Crippen LogP) is 1.31. The molecule has 0 aliphatic rings. The fourth-order valence-corrected chi connectivity index (χ4v) is 1.39. The third-order valence-corrected chi connectivity index (χ3v) is 2.33. The number of esters is 1. The van der Waals surface area contributed by atoms with Crippen molar-refractivity contribution in [2.75, 3.05) is 7.11 Å². The molecule has 0 unspecified atom stereocenters. The Morgan fingerprint density at radius 1 is 1.67 bits per heavy atom. The molecule has 0 aliphatic heterocycles. The Kier molecular flexibility index (Phi) is 2.78. The SMILES string of the molecule is COC(=O)c1cnc(C(=O)Cl)s1. The highest BCUT2D eigenvalue weighted by atomic mass is 35.5. The van der Waals surface area contributed by atoms with E-state index in [0.29, 0.717) is 0 Å². The molecule has 1 heterocycles. The number of nitrogens with zero attached hydrogens (tertiary/aromatic N) is 1. The minimum absolute atomic E-state index is 0.0945. The predicted molar refractivity (Wildman–Crippen MR) is 43.6 cm³/mol. The molecule has 0 atom stereocenters. The largest absolute Gasteiger partial charge is 0.465 e. The van der Waals surface area contributed by atoms with Gasteiger partial charge in [-0.1, -0.05) is 0 Å². The highest BCUT2D eigenvalue weighted by Crippen LogP contribution is 2.15. The third kappa shape index (κ3) is 1.80. The van der Waals surface area contributed by atoms with Crippen molar-refractivity contribution in [1.82, 2.24) is 4.98 Å². The Morgan fingerprint density at radius 3 is 2.75 bits per heavy atom. The smallest absolute Gasteiger partial charge is 0.349 e. The van der Waals surface area contributed by atoms with Gasteiger partial charge in [-0.15, -0.1) is 11.3 Å². The molecule has 0 fully saturated rings. The molecule has 0 radical (unpaired) electrons. The maximum atomic E-state index is 10.8. The van der Waals surface area contributed by atoms with Crippen LogP contribution in [-0.4, -0.2) is 23.3 Å². The van der Waals surface area contributed by atoms with E-state index < -0.39 is 11.2 Å². The summed E-state index contributed by atoms with van der Waals surface area (Å²) in [5, 5.41) is -0.577.